The molecule has 1 aromatic carbocycles. The lowest BCUT2D eigenvalue weighted by atomic mass is 9.79. The fourth-order valence-corrected chi connectivity index (χ4v) is 5.11. The summed E-state index contributed by atoms with van der Waals surface area (Å²) < 4.78 is 62.2. The molecule has 2 aliphatic rings. The molecular formula is C24H31F4N3O2. The van der Waals surface area contributed by atoms with Crippen molar-refractivity contribution in [3.8, 4) is 5.75 Å². The van der Waals surface area contributed by atoms with Crippen molar-refractivity contribution in [3.63, 3.8) is 0 Å². The third-order valence-electron chi connectivity index (χ3n) is 6.34. The lowest BCUT2D eigenvalue weighted by Gasteiger charge is -2.51. The van der Waals surface area contributed by atoms with E-state index < -0.39 is 34.7 Å². The first-order valence-corrected chi connectivity index (χ1v) is 11.1. The first kappa shape index (κ1) is 23.6. The molecule has 1 aromatic heterocycles. The van der Waals surface area contributed by atoms with Gasteiger partial charge in [-0.1, -0.05) is 0 Å². The third-order valence-corrected chi connectivity index (χ3v) is 6.34. The van der Waals surface area contributed by atoms with Gasteiger partial charge in [0, 0.05) is 38.4 Å². The van der Waals surface area contributed by atoms with Gasteiger partial charge in [0.25, 0.3) is 5.91 Å². The highest BCUT2D eigenvalue weighted by molar-refractivity contribution is 5.94. The van der Waals surface area contributed by atoms with Crippen LogP contribution in [-0.2, 0) is 18.3 Å². The molecule has 0 bridgehead atoms. The van der Waals surface area contributed by atoms with Crippen LogP contribution in [0.5, 0.6) is 5.75 Å². The van der Waals surface area contributed by atoms with E-state index in [0.29, 0.717) is 37.4 Å². The Kier molecular flexibility index (Phi) is 5.75. The molecule has 0 saturated carbocycles. The minimum atomic E-state index is -4.44. The van der Waals surface area contributed by atoms with Gasteiger partial charge in [-0.2, -0.15) is 13.2 Å². The largest absolute Gasteiger partial charge is 0.491 e. The molecule has 0 unspecified atom stereocenters. The number of carbonyl (C=O) groups is 1. The van der Waals surface area contributed by atoms with Crippen LogP contribution >= 0.6 is 0 Å². The Morgan fingerprint density at radius 2 is 1.82 bits per heavy atom. The summed E-state index contributed by atoms with van der Waals surface area (Å²) in [5, 5.41) is 3.55. The minimum absolute atomic E-state index is 0. The van der Waals surface area contributed by atoms with Crippen molar-refractivity contribution in [2.45, 2.75) is 70.4 Å². The van der Waals surface area contributed by atoms with Gasteiger partial charge in [-0.05, 0) is 64.8 Å². The molecule has 182 valence electrons. The Bertz CT molecular complexity index is 1060. The number of alkyl halides is 3. The molecule has 1 amide bonds. The van der Waals surface area contributed by atoms with E-state index >= 15 is 0 Å². The van der Waals surface area contributed by atoms with Crippen molar-refractivity contribution in [1.29, 1.82) is 0 Å². The van der Waals surface area contributed by atoms with Gasteiger partial charge in [0.2, 0.25) is 0 Å². The Labute approximate surface area is 192 Å². The van der Waals surface area contributed by atoms with Gasteiger partial charge in [-0.3, -0.25) is 10.1 Å². The zero-order valence-electron chi connectivity index (χ0n) is 19.2. The highest BCUT2D eigenvalue weighted by Crippen LogP contribution is 2.43. The van der Waals surface area contributed by atoms with Crippen molar-refractivity contribution in [1.82, 2.24) is 14.8 Å². The maximum absolute atomic E-state index is 14.6. The van der Waals surface area contributed by atoms with Gasteiger partial charge >= 0.3 is 6.18 Å². The van der Waals surface area contributed by atoms with E-state index in [1.54, 1.807) is 11.0 Å². The topological polar surface area (TPSA) is 46.5 Å². The van der Waals surface area contributed by atoms with Crippen molar-refractivity contribution in [3.05, 3.63) is 53.1 Å². The number of ether oxygens (including phenoxy) is 1. The number of likely N-dealkylation sites (tertiary alicyclic amines) is 1. The highest BCUT2D eigenvalue weighted by Gasteiger charge is 2.49. The highest BCUT2D eigenvalue weighted by atomic mass is 19.4. The maximum Gasteiger partial charge on any atom is 0.431 e. The van der Waals surface area contributed by atoms with E-state index in [1.165, 1.54) is 22.8 Å². The predicted molar refractivity (Wildman–Crippen MR) is 118 cm³/mol. The molecule has 1 saturated heterocycles. The molecule has 0 radical (unpaired) electrons. The molecule has 0 aliphatic carbocycles. The van der Waals surface area contributed by atoms with Crippen LogP contribution in [-0.4, -0.2) is 40.1 Å². The summed E-state index contributed by atoms with van der Waals surface area (Å²) in [6.07, 6.45) is -3.69. The molecule has 1 spiro atoms. The Morgan fingerprint density at radius 3 is 2.39 bits per heavy atom. The standard InChI is InChI=1S/C24H29F4N3O2.H2/c1-15(2)33-16-5-6-17(18(25)13-16)21(32)30-11-9-23(10-12-30)19-7-8-20(24(26,27)28)31(19)14-22(3,4)29-23;/h5-8,13,15,29H,9-12,14H2,1-4H3;1H. The number of amides is 1. The molecule has 0 atom stereocenters. The van der Waals surface area contributed by atoms with Crippen molar-refractivity contribution in [2.24, 2.45) is 0 Å². The zero-order valence-corrected chi connectivity index (χ0v) is 19.2. The number of nitrogens with zero attached hydrogens (tertiary/aromatic N) is 2. The number of aromatic nitrogens is 1. The van der Waals surface area contributed by atoms with E-state index in [0.717, 1.165) is 6.07 Å². The van der Waals surface area contributed by atoms with Crippen molar-refractivity contribution >= 4 is 5.91 Å². The molecule has 3 heterocycles. The molecule has 9 heteroatoms. The number of carbonyl (C=O) groups excluding carboxylic acids is 1. The number of halogens is 4. The predicted octanol–water partition coefficient (Wildman–Crippen LogP) is 5.19. The summed E-state index contributed by atoms with van der Waals surface area (Å²) in [5.41, 5.74) is -1.36. The molecule has 5 nitrogen and oxygen atoms in total. The first-order chi connectivity index (χ1) is 15.3. The molecule has 2 aliphatic heterocycles. The SMILES string of the molecule is CC(C)Oc1ccc(C(=O)N2CCC3(CC2)NC(C)(C)Cn2c(C(F)(F)F)ccc23)c(F)c1.[HH]. The second-order valence-electron chi connectivity index (χ2n) is 9.88. The number of piperidine rings is 1. The Balaban J connectivity index is 0.00000324. The Hall–Kier alpha value is -2.55. The Morgan fingerprint density at radius 1 is 1.15 bits per heavy atom. The van der Waals surface area contributed by atoms with E-state index in [9.17, 15) is 22.4 Å². The quantitative estimate of drug-likeness (QED) is 0.630. The second kappa shape index (κ2) is 8.04. The molecule has 4 rings (SSSR count). The van der Waals surface area contributed by atoms with Crippen LogP contribution in [0.4, 0.5) is 17.6 Å². The van der Waals surface area contributed by atoms with E-state index in [4.69, 9.17) is 4.74 Å². The number of nitrogens with one attached hydrogen (secondary N) is 1. The number of benzene rings is 1. The normalized spacial score (nSPS) is 19.6. The summed E-state index contributed by atoms with van der Waals surface area (Å²) in [4.78, 5) is 14.6. The van der Waals surface area contributed by atoms with Gasteiger partial charge in [0.05, 0.1) is 17.2 Å². The van der Waals surface area contributed by atoms with Crippen molar-refractivity contribution in [2.75, 3.05) is 13.1 Å². The number of hydrogen-bond acceptors (Lipinski definition) is 3. The fraction of sp³-hybridized carbons (Fsp3) is 0.542. The zero-order chi connectivity index (χ0) is 24.2. The molecule has 33 heavy (non-hydrogen) atoms. The van der Waals surface area contributed by atoms with Crippen LogP contribution in [0.25, 0.3) is 0 Å². The van der Waals surface area contributed by atoms with E-state index in [1.807, 2.05) is 27.7 Å². The lowest BCUT2D eigenvalue weighted by molar-refractivity contribution is -0.144. The van der Waals surface area contributed by atoms with Crippen LogP contribution in [0.15, 0.2) is 30.3 Å². The van der Waals surface area contributed by atoms with Crippen LogP contribution in [0.3, 0.4) is 0 Å². The average Bonchev–Trinajstić information content (AvgIpc) is 3.11. The van der Waals surface area contributed by atoms with Crippen molar-refractivity contribution < 1.29 is 28.5 Å². The summed E-state index contributed by atoms with van der Waals surface area (Å²) in [7, 11) is 0. The van der Waals surface area contributed by atoms with E-state index in [-0.39, 0.29) is 19.6 Å². The molecule has 2 aromatic rings. The lowest BCUT2D eigenvalue weighted by Crippen LogP contribution is -2.63. The average molecular weight is 470 g/mol. The summed E-state index contributed by atoms with van der Waals surface area (Å²) >= 11 is 0. The molecule has 1 fully saturated rings. The number of hydrogen-bond donors (Lipinski definition) is 1. The second-order valence-corrected chi connectivity index (χ2v) is 9.88. The van der Waals surface area contributed by atoms with Gasteiger partial charge in [-0.25, -0.2) is 4.39 Å². The van der Waals surface area contributed by atoms with Crippen LogP contribution < -0.4 is 10.1 Å². The summed E-state index contributed by atoms with van der Waals surface area (Å²) in [6.45, 7) is 8.22. The third kappa shape index (κ3) is 4.47. The summed E-state index contributed by atoms with van der Waals surface area (Å²) in [6, 6.07) is 6.86. The van der Waals surface area contributed by atoms with Gasteiger partial charge in [0.15, 0.2) is 0 Å². The maximum atomic E-state index is 14.6. The summed E-state index contributed by atoms with van der Waals surface area (Å²) in [5.74, 6) is -0.731. The first-order valence-electron chi connectivity index (χ1n) is 11.1. The molecule has 1 N–H and O–H groups in total. The van der Waals surface area contributed by atoms with Gasteiger partial charge in [0.1, 0.15) is 17.3 Å². The molecular weight excluding hydrogens is 438 g/mol. The van der Waals surface area contributed by atoms with Gasteiger partial charge < -0.3 is 14.2 Å². The number of rotatable bonds is 3. The van der Waals surface area contributed by atoms with Crippen LogP contribution in [0.2, 0.25) is 0 Å². The van der Waals surface area contributed by atoms with Crippen LogP contribution in [0.1, 0.15) is 63.7 Å². The fourth-order valence-electron chi connectivity index (χ4n) is 5.11. The minimum Gasteiger partial charge on any atom is -0.491 e. The van der Waals surface area contributed by atoms with Crippen LogP contribution in [0, 0.1) is 5.82 Å². The van der Waals surface area contributed by atoms with Gasteiger partial charge in [-0.15, -0.1) is 0 Å². The van der Waals surface area contributed by atoms with E-state index in [2.05, 4.69) is 5.32 Å². The monoisotopic (exact) mass is 469 g/mol. The smallest absolute Gasteiger partial charge is 0.431 e. The number of fused-ring (bicyclic) bond motifs is 2.